The minimum absolute atomic E-state index is 0.0785. The van der Waals surface area contributed by atoms with Crippen molar-refractivity contribution in [1.29, 1.82) is 0 Å². The van der Waals surface area contributed by atoms with Crippen LogP contribution in [0.15, 0.2) is 84.9 Å². The molecule has 0 atom stereocenters. The Morgan fingerprint density at radius 1 is 0.897 bits per heavy atom. The molecule has 2 aromatic carbocycles. The summed E-state index contributed by atoms with van der Waals surface area (Å²) < 4.78 is 25.6. The van der Waals surface area contributed by atoms with E-state index in [4.69, 9.17) is 0 Å². The van der Waals surface area contributed by atoms with Crippen molar-refractivity contribution in [2.75, 3.05) is 0 Å². The maximum absolute atomic E-state index is 11.5. The first-order valence-electron chi connectivity index (χ1n) is 9.34. The van der Waals surface area contributed by atoms with Crippen LogP contribution in [0.4, 0.5) is 0 Å². The molecule has 0 aliphatic carbocycles. The van der Waals surface area contributed by atoms with E-state index in [2.05, 4.69) is 41.9 Å². The number of sulfonamides is 1. The quantitative estimate of drug-likeness (QED) is 0.614. The summed E-state index contributed by atoms with van der Waals surface area (Å²) in [7, 11) is -3.31. The van der Waals surface area contributed by atoms with Gasteiger partial charge in [-0.15, -0.1) is 13.2 Å². The highest BCUT2D eigenvalue weighted by molar-refractivity contribution is 7.89. The van der Waals surface area contributed by atoms with Crippen molar-refractivity contribution in [2.45, 2.75) is 44.7 Å². The summed E-state index contributed by atoms with van der Waals surface area (Å²) in [5.74, 6) is 0. The third-order valence-corrected chi connectivity index (χ3v) is 5.16. The van der Waals surface area contributed by atoms with Crippen molar-refractivity contribution in [3.8, 4) is 11.3 Å². The Morgan fingerprint density at radius 2 is 1.41 bits per heavy atom. The van der Waals surface area contributed by atoms with Gasteiger partial charge in [0.25, 0.3) is 0 Å². The van der Waals surface area contributed by atoms with Gasteiger partial charge in [0, 0.05) is 11.6 Å². The van der Waals surface area contributed by atoms with Gasteiger partial charge >= 0.3 is 0 Å². The highest BCUT2D eigenvalue weighted by Gasteiger charge is 2.13. The van der Waals surface area contributed by atoms with Crippen molar-refractivity contribution in [3.05, 3.63) is 80.0 Å². The molecule has 0 bridgehead atoms. The molecule has 29 heavy (non-hydrogen) atoms. The first-order chi connectivity index (χ1) is 13.8. The van der Waals surface area contributed by atoms with Gasteiger partial charge in [-0.25, -0.2) is 13.1 Å². The first-order valence-corrected chi connectivity index (χ1v) is 10.8. The average Bonchev–Trinajstić information content (AvgIpc) is 3.21. The lowest BCUT2D eigenvalue weighted by molar-refractivity contribution is 0.467. The zero-order chi connectivity index (χ0) is 21.9. The molecule has 0 saturated carbocycles. The molecule has 1 heterocycles. The summed E-state index contributed by atoms with van der Waals surface area (Å²) in [6.45, 7) is 13.7. The van der Waals surface area contributed by atoms with E-state index >= 15 is 0 Å². The maximum atomic E-state index is 11.5. The van der Waals surface area contributed by atoms with Crippen LogP contribution in [0.2, 0.25) is 0 Å². The van der Waals surface area contributed by atoms with Crippen LogP contribution in [-0.4, -0.2) is 29.5 Å². The molecule has 7 heteroatoms. The number of rotatable bonds is 5. The number of nitrogens with one attached hydrogen (secondary N) is 1. The monoisotopic (exact) mass is 414 g/mol. The van der Waals surface area contributed by atoms with E-state index in [1.807, 2.05) is 30.3 Å². The fourth-order valence-corrected chi connectivity index (χ4v) is 3.52. The number of nitrogens with zero attached hydrogens (tertiary/aromatic N) is 3. The minimum Gasteiger partial charge on any atom is -0.209 e. The second-order valence-electron chi connectivity index (χ2n) is 6.60. The minimum atomic E-state index is -3.31. The fraction of sp³-hybridized carbons (Fsp3) is 0.273. The Bertz CT molecular complexity index is 937. The molecule has 1 aromatic heterocycles. The Balaban J connectivity index is 0.000000268. The van der Waals surface area contributed by atoms with Crippen LogP contribution in [-0.2, 0) is 10.0 Å². The van der Waals surface area contributed by atoms with E-state index in [0.29, 0.717) is 10.9 Å². The molecule has 0 amide bonds. The molecule has 0 fully saturated rings. The van der Waals surface area contributed by atoms with Crippen LogP contribution in [0.1, 0.15) is 33.7 Å². The van der Waals surface area contributed by atoms with Crippen LogP contribution >= 0.6 is 0 Å². The molecule has 3 rings (SSSR count). The van der Waals surface area contributed by atoms with Crippen LogP contribution in [0.3, 0.4) is 0 Å². The van der Waals surface area contributed by atoms with Gasteiger partial charge in [-0.1, -0.05) is 48.5 Å². The lowest BCUT2D eigenvalue weighted by Gasteiger charge is -2.08. The summed E-state index contributed by atoms with van der Waals surface area (Å²) in [5, 5.41) is 8.58. The lowest BCUT2D eigenvalue weighted by atomic mass is 10.2. The molecule has 0 spiro atoms. The van der Waals surface area contributed by atoms with Crippen LogP contribution in [0.5, 0.6) is 0 Å². The number of benzene rings is 2. The molecular weight excluding hydrogens is 384 g/mol. The SMILES string of the molecule is C=C.CC(C)NS(=O)(=O)c1ccccc1.CC(C)n1ncc(-c2ccccc2)n1. The van der Waals surface area contributed by atoms with Crippen molar-refractivity contribution in [1.82, 2.24) is 19.7 Å². The van der Waals surface area contributed by atoms with E-state index in [0.717, 1.165) is 11.3 Å². The van der Waals surface area contributed by atoms with Gasteiger partial charge in [0.2, 0.25) is 10.0 Å². The molecule has 1 N–H and O–H groups in total. The number of aromatic nitrogens is 3. The first kappa shape index (κ1) is 24.3. The van der Waals surface area contributed by atoms with Gasteiger partial charge < -0.3 is 0 Å². The summed E-state index contributed by atoms with van der Waals surface area (Å²) in [6.07, 6.45) is 1.80. The predicted molar refractivity (Wildman–Crippen MR) is 119 cm³/mol. The van der Waals surface area contributed by atoms with Crippen molar-refractivity contribution in [3.63, 3.8) is 0 Å². The Labute approximate surface area is 174 Å². The third kappa shape index (κ3) is 8.01. The van der Waals surface area contributed by atoms with Crippen molar-refractivity contribution >= 4 is 10.0 Å². The molecule has 0 radical (unpaired) electrons. The smallest absolute Gasteiger partial charge is 0.209 e. The van der Waals surface area contributed by atoms with Crippen LogP contribution in [0.25, 0.3) is 11.3 Å². The molecule has 0 aliphatic rings. The van der Waals surface area contributed by atoms with Gasteiger partial charge in [-0.05, 0) is 39.8 Å². The number of hydrogen-bond donors (Lipinski definition) is 1. The zero-order valence-corrected chi connectivity index (χ0v) is 18.3. The molecule has 3 aromatic rings. The zero-order valence-electron chi connectivity index (χ0n) is 17.5. The molecule has 0 saturated heterocycles. The second kappa shape index (κ2) is 11.9. The lowest BCUT2D eigenvalue weighted by Crippen LogP contribution is -2.30. The van der Waals surface area contributed by atoms with E-state index in [1.54, 1.807) is 55.2 Å². The third-order valence-electron chi connectivity index (χ3n) is 3.48. The summed E-state index contributed by atoms with van der Waals surface area (Å²) >= 11 is 0. The molecule has 156 valence electrons. The van der Waals surface area contributed by atoms with Crippen molar-refractivity contribution < 1.29 is 8.42 Å². The Kier molecular flexibility index (Phi) is 9.99. The molecular formula is C22H30N4O2S. The van der Waals surface area contributed by atoms with E-state index < -0.39 is 10.0 Å². The topological polar surface area (TPSA) is 76.9 Å². The van der Waals surface area contributed by atoms with Gasteiger partial charge in [0.15, 0.2) is 0 Å². The predicted octanol–water partition coefficient (Wildman–Crippen LogP) is 4.70. The molecule has 6 nitrogen and oxygen atoms in total. The highest BCUT2D eigenvalue weighted by Crippen LogP contribution is 2.15. The van der Waals surface area contributed by atoms with Gasteiger partial charge in [0.05, 0.1) is 17.1 Å². The van der Waals surface area contributed by atoms with Gasteiger partial charge in [0.1, 0.15) is 5.69 Å². The Morgan fingerprint density at radius 3 is 1.86 bits per heavy atom. The van der Waals surface area contributed by atoms with Gasteiger partial charge in [-0.2, -0.15) is 15.0 Å². The second-order valence-corrected chi connectivity index (χ2v) is 8.31. The average molecular weight is 415 g/mol. The molecule has 0 aliphatic heterocycles. The Hall–Kier alpha value is -2.77. The molecule has 0 unspecified atom stereocenters. The standard InChI is InChI=1S/C11H13N3.C9H13NO2S.C2H4/c1-9(2)14-12-8-11(13-14)10-6-4-3-5-7-10;1-8(2)10-13(11,12)9-6-4-3-5-7-9;1-2/h3-9H,1-2H3;3-8,10H,1-2H3;1-2H2. The normalized spacial score (nSPS) is 10.7. The van der Waals surface area contributed by atoms with E-state index in [-0.39, 0.29) is 6.04 Å². The number of hydrogen-bond acceptors (Lipinski definition) is 4. The van der Waals surface area contributed by atoms with Gasteiger partial charge in [-0.3, -0.25) is 0 Å². The summed E-state index contributed by atoms with van der Waals surface area (Å²) in [5.41, 5.74) is 2.04. The highest BCUT2D eigenvalue weighted by atomic mass is 32.2. The largest absolute Gasteiger partial charge is 0.240 e. The van der Waals surface area contributed by atoms with Crippen LogP contribution in [0, 0.1) is 0 Å². The van der Waals surface area contributed by atoms with E-state index in [9.17, 15) is 8.42 Å². The fourth-order valence-electron chi connectivity index (χ4n) is 2.24. The summed E-state index contributed by atoms with van der Waals surface area (Å²) in [6, 6.07) is 18.7. The maximum Gasteiger partial charge on any atom is 0.240 e. The summed E-state index contributed by atoms with van der Waals surface area (Å²) in [4.78, 5) is 2.03. The van der Waals surface area contributed by atoms with Crippen molar-refractivity contribution in [2.24, 2.45) is 0 Å². The van der Waals surface area contributed by atoms with E-state index in [1.165, 1.54) is 0 Å². The van der Waals surface area contributed by atoms with Crippen LogP contribution < -0.4 is 4.72 Å².